The highest BCUT2D eigenvalue weighted by Crippen LogP contribution is 2.36. The molecule has 0 spiro atoms. The van der Waals surface area contributed by atoms with Crippen molar-refractivity contribution in [3.63, 3.8) is 0 Å². The van der Waals surface area contributed by atoms with E-state index < -0.39 is 0 Å². The van der Waals surface area contributed by atoms with E-state index in [0.717, 1.165) is 22.6 Å². The van der Waals surface area contributed by atoms with Gasteiger partial charge in [-0.05, 0) is 72.2 Å². The summed E-state index contributed by atoms with van der Waals surface area (Å²) in [6.07, 6.45) is 8.74. The number of hydrogen-bond donors (Lipinski definition) is 0. The molecule has 0 bridgehead atoms. The number of benzene rings is 4. The molecule has 1 heterocycles. The van der Waals surface area contributed by atoms with Gasteiger partial charge in [0.2, 0.25) is 0 Å². The third-order valence-corrected chi connectivity index (χ3v) is 6.77. The van der Waals surface area contributed by atoms with Crippen molar-refractivity contribution in [1.82, 2.24) is 0 Å². The molecular formula is C33H27NS. The molecule has 170 valence electrons. The number of aryl methyl sites for hydroxylation is 1. The van der Waals surface area contributed by atoms with Gasteiger partial charge in [0.15, 0.2) is 0 Å². The van der Waals surface area contributed by atoms with Crippen LogP contribution in [0.5, 0.6) is 0 Å². The summed E-state index contributed by atoms with van der Waals surface area (Å²) < 4.78 is 0. The Morgan fingerprint density at radius 3 is 1.63 bits per heavy atom. The Balaban J connectivity index is 1.42. The van der Waals surface area contributed by atoms with Crippen LogP contribution in [0, 0.1) is 6.92 Å². The van der Waals surface area contributed by atoms with Gasteiger partial charge < -0.3 is 4.90 Å². The van der Waals surface area contributed by atoms with E-state index in [-0.39, 0.29) is 0 Å². The Kier molecular flexibility index (Phi) is 7.02. The SMILES string of the molecule is Cc1ccc(/C=C/c2ccc(/C=C/c3ccccc3N(c3ccccc3)c3ccccc3)cc2)s1. The molecule has 4 aromatic carbocycles. The minimum absolute atomic E-state index is 1.14. The van der Waals surface area contributed by atoms with Crippen LogP contribution in [0.25, 0.3) is 24.3 Å². The van der Waals surface area contributed by atoms with Crippen LogP contribution in [0.4, 0.5) is 17.1 Å². The van der Waals surface area contributed by atoms with E-state index in [1.54, 1.807) is 0 Å². The summed E-state index contributed by atoms with van der Waals surface area (Å²) >= 11 is 1.81. The number of thiophene rings is 1. The first-order chi connectivity index (χ1) is 17.3. The van der Waals surface area contributed by atoms with Crippen molar-refractivity contribution >= 4 is 52.7 Å². The van der Waals surface area contributed by atoms with E-state index >= 15 is 0 Å². The lowest BCUT2D eigenvalue weighted by molar-refractivity contribution is 1.28. The second-order valence-corrected chi connectivity index (χ2v) is 9.67. The first-order valence-electron chi connectivity index (χ1n) is 11.8. The predicted octanol–water partition coefficient (Wildman–Crippen LogP) is 9.87. The third-order valence-electron chi connectivity index (χ3n) is 5.80. The number of anilines is 3. The first-order valence-corrected chi connectivity index (χ1v) is 12.6. The van der Waals surface area contributed by atoms with Gasteiger partial charge in [-0.1, -0.05) is 97.1 Å². The second kappa shape index (κ2) is 10.9. The van der Waals surface area contributed by atoms with E-state index in [0.29, 0.717) is 0 Å². The van der Waals surface area contributed by atoms with E-state index in [1.807, 2.05) is 11.3 Å². The Labute approximate surface area is 212 Å². The molecule has 0 aliphatic rings. The lowest BCUT2D eigenvalue weighted by Crippen LogP contribution is -2.10. The van der Waals surface area contributed by atoms with Crippen molar-refractivity contribution in [2.45, 2.75) is 6.92 Å². The smallest absolute Gasteiger partial charge is 0.0533 e. The van der Waals surface area contributed by atoms with Crippen molar-refractivity contribution in [3.05, 3.63) is 148 Å². The van der Waals surface area contributed by atoms with Gasteiger partial charge in [-0.25, -0.2) is 0 Å². The van der Waals surface area contributed by atoms with Crippen LogP contribution in [0.3, 0.4) is 0 Å². The van der Waals surface area contributed by atoms with Crippen molar-refractivity contribution < 1.29 is 0 Å². The average Bonchev–Trinajstić information content (AvgIpc) is 3.34. The van der Waals surface area contributed by atoms with Crippen molar-refractivity contribution in [2.75, 3.05) is 4.90 Å². The van der Waals surface area contributed by atoms with Crippen LogP contribution in [-0.4, -0.2) is 0 Å². The molecule has 0 atom stereocenters. The molecular weight excluding hydrogens is 442 g/mol. The Bertz CT molecular complexity index is 1390. The average molecular weight is 470 g/mol. The molecule has 0 unspecified atom stereocenters. The van der Waals surface area contributed by atoms with Crippen molar-refractivity contribution in [1.29, 1.82) is 0 Å². The Morgan fingerprint density at radius 1 is 0.514 bits per heavy atom. The van der Waals surface area contributed by atoms with Crippen molar-refractivity contribution in [3.8, 4) is 0 Å². The summed E-state index contributed by atoms with van der Waals surface area (Å²) in [5.74, 6) is 0. The van der Waals surface area contributed by atoms with Gasteiger partial charge in [-0.3, -0.25) is 0 Å². The van der Waals surface area contributed by atoms with E-state index in [9.17, 15) is 0 Å². The lowest BCUT2D eigenvalue weighted by atomic mass is 10.1. The van der Waals surface area contributed by atoms with Crippen LogP contribution in [0.15, 0.2) is 121 Å². The topological polar surface area (TPSA) is 3.24 Å². The predicted molar refractivity (Wildman–Crippen MR) is 154 cm³/mol. The molecule has 0 radical (unpaired) electrons. The number of para-hydroxylation sites is 3. The summed E-state index contributed by atoms with van der Waals surface area (Å²) in [5.41, 5.74) is 6.96. The molecule has 0 fully saturated rings. The summed E-state index contributed by atoms with van der Waals surface area (Å²) in [6.45, 7) is 2.14. The standard InChI is InChI=1S/C33H27NS/c1-26-16-24-32(35-26)25-22-28-19-17-27(18-20-28)21-23-29-10-8-9-15-33(29)34(30-11-4-2-5-12-30)31-13-6-3-7-14-31/h2-25H,1H3/b23-21+,25-22+. The van der Waals surface area contributed by atoms with Crippen LogP contribution in [-0.2, 0) is 0 Å². The van der Waals surface area contributed by atoms with Gasteiger partial charge in [-0.15, -0.1) is 11.3 Å². The fraction of sp³-hybridized carbons (Fsp3) is 0.0303. The maximum atomic E-state index is 2.31. The molecule has 0 N–H and O–H groups in total. The molecule has 5 aromatic rings. The molecule has 1 nitrogen and oxygen atoms in total. The summed E-state index contributed by atoms with van der Waals surface area (Å²) in [7, 11) is 0. The normalized spacial score (nSPS) is 11.3. The van der Waals surface area contributed by atoms with E-state index in [2.05, 4.69) is 157 Å². The van der Waals surface area contributed by atoms with E-state index in [4.69, 9.17) is 0 Å². The minimum Gasteiger partial charge on any atom is -0.310 e. The maximum Gasteiger partial charge on any atom is 0.0533 e. The molecule has 0 saturated heterocycles. The third kappa shape index (κ3) is 5.68. The maximum absolute atomic E-state index is 2.31. The zero-order valence-corrected chi connectivity index (χ0v) is 20.5. The fourth-order valence-electron chi connectivity index (χ4n) is 4.04. The lowest BCUT2D eigenvalue weighted by Gasteiger charge is -2.27. The van der Waals surface area contributed by atoms with Gasteiger partial charge in [0.25, 0.3) is 0 Å². The quantitative estimate of drug-likeness (QED) is 0.214. The molecule has 5 rings (SSSR count). The fourth-order valence-corrected chi connectivity index (χ4v) is 4.82. The molecule has 0 saturated carbocycles. The Morgan fingerprint density at radius 2 is 1.06 bits per heavy atom. The number of hydrogen-bond acceptors (Lipinski definition) is 2. The van der Waals surface area contributed by atoms with Crippen LogP contribution < -0.4 is 4.90 Å². The van der Waals surface area contributed by atoms with Crippen LogP contribution in [0.1, 0.15) is 26.4 Å². The van der Waals surface area contributed by atoms with Crippen LogP contribution in [0.2, 0.25) is 0 Å². The monoisotopic (exact) mass is 469 g/mol. The number of nitrogens with zero attached hydrogens (tertiary/aromatic N) is 1. The summed E-state index contributed by atoms with van der Waals surface area (Å²) in [6, 6.07) is 42.6. The van der Waals surface area contributed by atoms with Crippen molar-refractivity contribution in [2.24, 2.45) is 0 Å². The first kappa shape index (κ1) is 22.6. The van der Waals surface area contributed by atoms with Gasteiger partial charge in [0.05, 0.1) is 5.69 Å². The van der Waals surface area contributed by atoms with Gasteiger partial charge >= 0.3 is 0 Å². The molecule has 0 aliphatic carbocycles. The van der Waals surface area contributed by atoms with Gasteiger partial charge in [-0.2, -0.15) is 0 Å². The molecule has 1 aromatic heterocycles. The van der Waals surface area contributed by atoms with Gasteiger partial charge in [0, 0.05) is 21.1 Å². The van der Waals surface area contributed by atoms with Gasteiger partial charge in [0.1, 0.15) is 0 Å². The minimum atomic E-state index is 1.14. The Hall–Kier alpha value is -4.14. The number of rotatable bonds is 7. The molecule has 0 aliphatic heterocycles. The highest BCUT2D eigenvalue weighted by molar-refractivity contribution is 7.12. The summed E-state index contributed by atoms with van der Waals surface area (Å²) in [4.78, 5) is 4.92. The highest BCUT2D eigenvalue weighted by Gasteiger charge is 2.14. The highest BCUT2D eigenvalue weighted by atomic mass is 32.1. The van der Waals surface area contributed by atoms with E-state index in [1.165, 1.54) is 20.9 Å². The molecule has 0 amide bonds. The largest absolute Gasteiger partial charge is 0.310 e. The zero-order chi connectivity index (χ0) is 23.9. The summed E-state index contributed by atoms with van der Waals surface area (Å²) in [5, 5.41) is 0. The molecule has 2 heteroatoms. The zero-order valence-electron chi connectivity index (χ0n) is 19.7. The second-order valence-electron chi connectivity index (χ2n) is 8.35. The molecule has 35 heavy (non-hydrogen) atoms. The van der Waals surface area contributed by atoms with Crippen LogP contribution >= 0.6 is 11.3 Å².